The van der Waals surface area contributed by atoms with Crippen LogP contribution < -0.4 is 5.32 Å². The Balaban J connectivity index is 2.81. The van der Waals surface area contributed by atoms with Crippen LogP contribution in [0.2, 0.25) is 0 Å². The standard InChI is InChI=1S/C10H20N2O3S/c1-8-7-16(14,15)6-5-12(8)9(13)10(2,3)11-4/h8,11H,5-7H2,1-4H3. The van der Waals surface area contributed by atoms with Crippen molar-refractivity contribution in [2.75, 3.05) is 25.1 Å². The third-order valence-corrected chi connectivity index (χ3v) is 4.89. The number of nitrogens with zero attached hydrogens (tertiary/aromatic N) is 1. The minimum atomic E-state index is -2.96. The Bertz CT molecular complexity index is 376. The van der Waals surface area contributed by atoms with Crippen LogP contribution in [0.5, 0.6) is 0 Å². The Morgan fingerprint density at radius 2 is 2.00 bits per heavy atom. The van der Waals surface area contributed by atoms with E-state index in [1.807, 2.05) is 0 Å². The molecule has 1 amide bonds. The topological polar surface area (TPSA) is 66.5 Å². The van der Waals surface area contributed by atoms with Gasteiger partial charge >= 0.3 is 0 Å². The fourth-order valence-electron chi connectivity index (χ4n) is 1.77. The fraction of sp³-hybridized carbons (Fsp3) is 0.900. The smallest absolute Gasteiger partial charge is 0.242 e. The van der Waals surface area contributed by atoms with Crippen molar-refractivity contribution in [1.82, 2.24) is 10.2 Å². The number of hydrogen-bond acceptors (Lipinski definition) is 4. The first kappa shape index (κ1) is 13.4. The molecule has 1 unspecified atom stereocenters. The Morgan fingerprint density at radius 3 is 2.44 bits per heavy atom. The molecule has 1 saturated heterocycles. The molecular weight excluding hydrogens is 228 g/mol. The average Bonchev–Trinajstić information content (AvgIpc) is 2.15. The maximum atomic E-state index is 12.1. The lowest BCUT2D eigenvalue weighted by atomic mass is 10.0. The van der Waals surface area contributed by atoms with E-state index in [9.17, 15) is 13.2 Å². The van der Waals surface area contributed by atoms with Crippen molar-refractivity contribution in [3.63, 3.8) is 0 Å². The van der Waals surface area contributed by atoms with Crippen LogP contribution in [-0.4, -0.2) is 55.9 Å². The van der Waals surface area contributed by atoms with Crippen molar-refractivity contribution in [3.05, 3.63) is 0 Å². The van der Waals surface area contributed by atoms with Gasteiger partial charge in [0, 0.05) is 12.6 Å². The van der Waals surface area contributed by atoms with Crippen LogP contribution in [0.1, 0.15) is 20.8 Å². The van der Waals surface area contributed by atoms with E-state index in [0.717, 1.165) is 0 Å². The zero-order valence-corrected chi connectivity index (χ0v) is 11.1. The summed E-state index contributed by atoms with van der Waals surface area (Å²) in [6.07, 6.45) is 0. The number of sulfone groups is 1. The van der Waals surface area contributed by atoms with Gasteiger partial charge in [-0.15, -0.1) is 0 Å². The number of nitrogens with one attached hydrogen (secondary N) is 1. The highest BCUT2D eigenvalue weighted by molar-refractivity contribution is 7.91. The van der Waals surface area contributed by atoms with E-state index in [-0.39, 0.29) is 23.5 Å². The van der Waals surface area contributed by atoms with Crippen molar-refractivity contribution in [2.24, 2.45) is 0 Å². The molecule has 1 atom stereocenters. The summed E-state index contributed by atoms with van der Waals surface area (Å²) >= 11 is 0. The molecule has 16 heavy (non-hydrogen) atoms. The van der Waals surface area contributed by atoms with Gasteiger partial charge in [-0.2, -0.15) is 0 Å². The molecule has 1 aliphatic heterocycles. The van der Waals surface area contributed by atoms with Gasteiger partial charge in [0.2, 0.25) is 5.91 Å². The van der Waals surface area contributed by atoms with E-state index in [4.69, 9.17) is 0 Å². The molecule has 94 valence electrons. The van der Waals surface area contributed by atoms with Gasteiger partial charge in [-0.1, -0.05) is 0 Å². The van der Waals surface area contributed by atoms with E-state index >= 15 is 0 Å². The molecule has 1 fully saturated rings. The van der Waals surface area contributed by atoms with Crippen molar-refractivity contribution >= 4 is 15.7 Å². The molecule has 0 aliphatic carbocycles. The van der Waals surface area contributed by atoms with E-state index in [0.29, 0.717) is 6.54 Å². The summed E-state index contributed by atoms with van der Waals surface area (Å²) in [6.45, 7) is 5.67. The number of likely N-dealkylation sites (N-methyl/N-ethyl adjacent to an activating group) is 1. The van der Waals surface area contributed by atoms with Crippen LogP contribution in [0.15, 0.2) is 0 Å². The lowest BCUT2D eigenvalue weighted by Crippen LogP contribution is -2.59. The van der Waals surface area contributed by atoms with Crippen LogP contribution in [0, 0.1) is 0 Å². The van der Waals surface area contributed by atoms with E-state index in [1.54, 1.807) is 32.7 Å². The quantitative estimate of drug-likeness (QED) is 0.724. The summed E-state index contributed by atoms with van der Waals surface area (Å²) in [5.74, 6) is 0.0962. The maximum Gasteiger partial charge on any atom is 0.242 e. The van der Waals surface area contributed by atoms with Gasteiger partial charge in [0.05, 0.1) is 17.0 Å². The molecule has 0 aromatic heterocycles. The third kappa shape index (κ3) is 2.74. The molecule has 1 rings (SSSR count). The minimum absolute atomic E-state index is 0.0441. The highest BCUT2D eigenvalue weighted by Crippen LogP contribution is 2.16. The summed E-state index contributed by atoms with van der Waals surface area (Å²) in [5, 5.41) is 2.94. The average molecular weight is 248 g/mol. The predicted octanol–water partition coefficient (Wildman–Crippen LogP) is -0.370. The van der Waals surface area contributed by atoms with Gasteiger partial charge < -0.3 is 10.2 Å². The second kappa shape index (κ2) is 4.33. The molecule has 0 radical (unpaired) electrons. The van der Waals surface area contributed by atoms with E-state index in [1.165, 1.54) is 0 Å². The third-order valence-electron chi connectivity index (χ3n) is 3.09. The molecule has 0 bridgehead atoms. The number of carbonyl (C=O) groups excluding carboxylic acids is 1. The van der Waals surface area contributed by atoms with Gasteiger partial charge in [0.15, 0.2) is 9.84 Å². The largest absolute Gasteiger partial charge is 0.336 e. The van der Waals surface area contributed by atoms with Crippen LogP contribution >= 0.6 is 0 Å². The van der Waals surface area contributed by atoms with Gasteiger partial charge in [-0.05, 0) is 27.8 Å². The van der Waals surface area contributed by atoms with Crippen molar-refractivity contribution in [2.45, 2.75) is 32.4 Å². The van der Waals surface area contributed by atoms with E-state index < -0.39 is 15.4 Å². The van der Waals surface area contributed by atoms with Crippen LogP contribution in [-0.2, 0) is 14.6 Å². The van der Waals surface area contributed by atoms with Gasteiger partial charge in [0.25, 0.3) is 0 Å². The highest BCUT2D eigenvalue weighted by Gasteiger charge is 2.37. The van der Waals surface area contributed by atoms with Crippen molar-refractivity contribution in [3.8, 4) is 0 Å². The van der Waals surface area contributed by atoms with Crippen molar-refractivity contribution in [1.29, 1.82) is 0 Å². The number of rotatable bonds is 2. The molecule has 1 heterocycles. The monoisotopic (exact) mass is 248 g/mol. The summed E-state index contributed by atoms with van der Waals surface area (Å²) in [5.41, 5.74) is -0.643. The first-order valence-electron chi connectivity index (χ1n) is 5.40. The predicted molar refractivity (Wildman–Crippen MR) is 63.0 cm³/mol. The second-order valence-electron chi connectivity index (χ2n) is 4.84. The van der Waals surface area contributed by atoms with Crippen molar-refractivity contribution < 1.29 is 13.2 Å². The van der Waals surface area contributed by atoms with E-state index in [2.05, 4.69) is 5.32 Å². The molecule has 1 N–H and O–H groups in total. The lowest BCUT2D eigenvalue weighted by molar-refractivity contribution is -0.138. The minimum Gasteiger partial charge on any atom is -0.336 e. The normalized spacial score (nSPS) is 25.5. The summed E-state index contributed by atoms with van der Waals surface area (Å²) in [4.78, 5) is 13.8. The molecular formula is C10H20N2O3S. The summed E-state index contributed by atoms with van der Waals surface area (Å²) in [6, 6.07) is -0.237. The molecule has 6 heteroatoms. The molecule has 0 aromatic rings. The second-order valence-corrected chi connectivity index (χ2v) is 7.07. The molecule has 0 saturated carbocycles. The number of carbonyl (C=O) groups is 1. The first-order valence-corrected chi connectivity index (χ1v) is 7.22. The molecule has 1 aliphatic rings. The zero-order valence-electron chi connectivity index (χ0n) is 10.3. The number of amides is 1. The first-order chi connectivity index (χ1) is 7.19. The van der Waals surface area contributed by atoms with Gasteiger partial charge in [-0.3, -0.25) is 4.79 Å². The Labute approximate surface area is 97.1 Å². The fourth-order valence-corrected chi connectivity index (χ4v) is 3.32. The molecule has 0 aromatic carbocycles. The Morgan fingerprint density at radius 1 is 1.44 bits per heavy atom. The summed E-state index contributed by atoms with van der Waals surface area (Å²) < 4.78 is 22.8. The van der Waals surface area contributed by atoms with Crippen LogP contribution in [0.3, 0.4) is 0 Å². The molecule has 5 nitrogen and oxygen atoms in total. The number of hydrogen-bond donors (Lipinski definition) is 1. The lowest BCUT2D eigenvalue weighted by Gasteiger charge is -2.38. The Hall–Kier alpha value is -0.620. The zero-order chi connectivity index (χ0) is 12.6. The van der Waals surface area contributed by atoms with Crippen LogP contribution in [0.4, 0.5) is 0 Å². The van der Waals surface area contributed by atoms with Crippen LogP contribution in [0.25, 0.3) is 0 Å². The SMILES string of the molecule is CNC(C)(C)C(=O)N1CCS(=O)(=O)CC1C. The molecule has 0 spiro atoms. The van der Waals surface area contributed by atoms with Gasteiger partial charge in [-0.25, -0.2) is 8.42 Å². The Kier molecular flexibility index (Phi) is 3.64. The maximum absolute atomic E-state index is 12.1. The highest BCUT2D eigenvalue weighted by atomic mass is 32.2. The van der Waals surface area contributed by atoms with Gasteiger partial charge in [0.1, 0.15) is 0 Å². The summed E-state index contributed by atoms with van der Waals surface area (Å²) in [7, 11) is -1.24.